The van der Waals surface area contributed by atoms with Crippen molar-refractivity contribution < 1.29 is 4.79 Å². The molecule has 0 spiro atoms. The first-order valence-corrected chi connectivity index (χ1v) is 7.99. The van der Waals surface area contributed by atoms with Gasteiger partial charge in [0.1, 0.15) is 5.82 Å². The minimum atomic E-state index is 0.0291. The third-order valence-electron chi connectivity index (χ3n) is 3.69. The van der Waals surface area contributed by atoms with Crippen LogP contribution in [0.3, 0.4) is 0 Å². The molecule has 2 aromatic rings. The van der Waals surface area contributed by atoms with Crippen molar-refractivity contribution in [1.29, 1.82) is 0 Å². The summed E-state index contributed by atoms with van der Waals surface area (Å²) < 4.78 is 2.25. The van der Waals surface area contributed by atoms with Crippen molar-refractivity contribution in [2.45, 2.75) is 39.2 Å². The molecule has 2 aromatic heterocycles. The largest absolute Gasteiger partial charge is 0.351 e. The van der Waals surface area contributed by atoms with Gasteiger partial charge in [-0.25, -0.2) is 4.98 Å². The molecule has 5 heteroatoms. The fourth-order valence-corrected chi connectivity index (χ4v) is 3.42. The first-order chi connectivity index (χ1) is 9.74. The molecule has 0 aliphatic carbocycles. The third kappa shape index (κ3) is 2.77. The number of nitrogens with one attached hydrogen (secondary N) is 1. The van der Waals surface area contributed by atoms with Gasteiger partial charge in [0.2, 0.25) is 0 Å². The highest BCUT2D eigenvalue weighted by atomic mass is 32.1. The van der Waals surface area contributed by atoms with Gasteiger partial charge in [0.25, 0.3) is 5.91 Å². The standard InChI is InChI=1S/C15H19N3OS/c1-11-6-9-20-14(11)15(19)16-7-5-12-10-18-8-3-2-4-13(18)17-12/h6,9-10H,2-5,7-8H2,1H3,(H,16,19). The molecule has 20 heavy (non-hydrogen) atoms. The first kappa shape index (κ1) is 13.4. The normalized spacial score (nSPS) is 14.1. The van der Waals surface area contributed by atoms with Crippen LogP contribution < -0.4 is 5.32 Å². The minimum Gasteiger partial charge on any atom is -0.351 e. The van der Waals surface area contributed by atoms with E-state index in [-0.39, 0.29) is 5.91 Å². The molecule has 1 aliphatic heterocycles. The number of fused-ring (bicyclic) bond motifs is 1. The predicted molar refractivity (Wildman–Crippen MR) is 80.3 cm³/mol. The molecular formula is C15H19N3OS. The van der Waals surface area contributed by atoms with Crippen molar-refractivity contribution in [2.75, 3.05) is 6.54 Å². The van der Waals surface area contributed by atoms with Gasteiger partial charge in [-0.1, -0.05) is 0 Å². The van der Waals surface area contributed by atoms with E-state index in [1.54, 1.807) is 0 Å². The van der Waals surface area contributed by atoms with E-state index in [1.807, 2.05) is 18.4 Å². The summed E-state index contributed by atoms with van der Waals surface area (Å²) in [6.45, 7) is 3.70. The molecule has 0 radical (unpaired) electrons. The van der Waals surface area contributed by atoms with Gasteiger partial charge in [0.05, 0.1) is 10.6 Å². The van der Waals surface area contributed by atoms with E-state index in [1.165, 1.54) is 30.0 Å². The predicted octanol–water partition coefficient (Wildman–Crippen LogP) is 2.56. The van der Waals surface area contributed by atoms with Crippen LogP contribution in [0, 0.1) is 6.92 Å². The molecule has 1 amide bonds. The molecular weight excluding hydrogens is 270 g/mol. The fourth-order valence-electron chi connectivity index (χ4n) is 2.58. The second-order valence-electron chi connectivity index (χ2n) is 5.24. The van der Waals surface area contributed by atoms with Gasteiger partial charge < -0.3 is 9.88 Å². The van der Waals surface area contributed by atoms with E-state index in [0.717, 1.165) is 35.5 Å². The zero-order chi connectivity index (χ0) is 13.9. The van der Waals surface area contributed by atoms with E-state index < -0.39 is 0 Å². The van der Waals surface area contributed by atoms with Crippen LogP contribution in [0.1, 0.15) is 39.6 Å². The molecule has 1 N–H and O–H groups in total. The van der Waals surface area contributed by atoms with Gasteiger partial charge >= 0.3 is 0 Å². The van der Waals surface area contributed by atoms with Gasteiger partial charge in [-0.05, 0) is 36.8 Å². The summed E-state index contributed by atoms with van der Waals surface area (Å²) in [5, 5.41) is 4.93. The Balaban J connectivity index is 1.54. The smallest absolute Gasteiger partial charge is 0.261 e. The van der Waals surface area contributed by atoms with E-state index in [0.29, 0.717) is 6.54 Å². The molecule has 0 unspecified atom stereocenters. The number of hydrogen-bond donors (Lipinski definition) is 1. The maximum absolute atomic E-state index is 12.0. The van der Waals surface area contributed by atoms with Crippen molar-refractivity contribution in [3.8, 4) is 0 Å². The van der Waals surface area contributed by atoms with Crippen LogP contribution in [0.15, 0.2) is 17.6 Å². The summed E-state index contributed by atoms with van der Waals surface area (Å²) in [7, 11) is 0. The fraction of sp³-hybridized carbons (Fsp3) is 0.467. The van der Waals surface area contributed by atoms with Crippen molar-refractivity contribution >= 4 is 17.2 Å². The quantitative estimate of drug-likeness (QED) is 0.940. The Morgan fingerprint density at radius 2 is 2.40 bits per heavy atom. The molecule has 3 rings (SSSR count). The van der Waals surface area contributed by atoms with Gasteiger partial charge in [-0.2, -0.15) is 0 Å². The molecule has 0 saturated heterocycles. The molecule has 1 aliphatic rings. The van der Waals surface area contributed by atoms with Crippen LogP contribution in [-0.2, 0) is 19.4 Å². The van der Waals surface area contributed by atoms with Gasteiger partial charge in [-0.15, -0.1) is 11.3 Å². The van der Waals surface area contributed by atoms with Crippen LogP contribution in [0.4, 0.5) is 0 Å². The number of nitrogens with zero attached hydrogens (tertiary/aromatic N) is 2. The maximum atomic E-state index is 12.0. The topological polar surface area (TPSA) is 46.9 Å². The molecule has 0 bridgehead atoms. The number of rotatable bonds is 4. The average Bonchev–Trinajstić information content (AvgIpc) is 3.04. The van der Waals surface area contributed by atoms with Crippen LogP contribution >= 0.6 is 11.3 Å². The van der Waals surface area contributed by atoms with Crippen molar-refractivity contribution in [2.24, 2.45) is 0 Å². The summed E-state index contributed by atoms with van der Waals surface area (Å²) in [5.41, 5.74) is 2.13. The van der Waals surface area contributed by atoms with E-state index in [9.17, 15) is 4.79 Å². The zero-order valence-corrected chi connectivity index (χ0v) is 12.5. The summed E-state index contributed by atoms with van der Waals surface area (Å²) in [6.07, 6.45) is 6.51. The van der Waals surface area contributed by atoms with Gasteiger partial charge in [0.15, 0.2) is 0 Å². The lowest BCUT2D eigenvalue weighted by Crippen LogP contribution is -2.25. The Morgan fingerprint density at radius 1 is 1.50 bits per heavy atom. The Labute approximate surface area is 122 Å². The molecule has 0 fully saturated rings. The highest BCUT2D eigenvalue weighted by molar-refractivity contribution is 7.12. The molecule has 106 valence electrons. The third-order valence-corrected chi connectivity index (χ3v) is 4.71. The second-order valence-corrected chi connectivity index (χ2v) is 6.15. The summed E-state index contributed by atoms with van der Waals surface area (Å²) in [5.74, 6) is 1.23. The van der Waals surface area contributed by atoms with E-state index >= 15 is 0 Å². The summed E-state index contributed by atoms with van der Waals surface area (Å²) in [6, 6.07) is 1.98. The van der Waals surface area contributed by atoms with Crippen LogP contribution in [0.25, 0.3) is 0 Å². The molecule has 3 heterocycles. The van der Waals surface area contributed by atoms with Gasteiger partial charge in [0, 0.05) is 32.1 Å². The molecule has 0 aromatic carbocycles. The Hall–Kier alpha value is -1.62. The lowest BCUT2D eigenvalue weighted by Gasteiger charge is -2.11. The van der Waals surface area contributed by atoms with Gasteiger partial charge in [-0.3, -0.25) is 4.79 Å². The van der Waals surface area contributed by atoms with E-state index in [4.69, 9.17) is 0 Å². The number of thiophene rings is 1. The van der Waals surface area contributed by atoms with Crippen LogP contribution in [0.2, 0.25) is 0 Å². The number of hydrogen-bond acceptors (Lipinski definition) is 3. The van der Waals surface area contributed by atoms with Crippen LogP contribution in [0.5, 0.6) is 0 Å². The maximum Gasteiger partial charge on any atom is 0.261 e. The molecule has 4 nitrogen and oxygen atoms in total. The van der Waals surface area contributed by atoms with Crippen molar-refractivity contribution in [3.05, 3.63) is 39.6 Å². The number of carbonyl (C=O) groups excluding carboxylic acids is 1. The molecule has 0 atom stereocenters. The lowest BCUT2D eigenvalue weighted by molar-refractivity contribution is 0.0957. The first-order valence-electron chi connectivity index (χ1n) is 7.11. The number of imidazole rings is 1. The van der Waals surface area contributed by atoms with Crippen molar-refractivity contribution in [3.63, 3.8) is 0 Å². The number of amides is 1. The van der Waals surface area contributed by atoms with Crippen LogP contribution in [-0.4, -0.2) is 22.0 Å². The van der Waals surface area contributed by atoms with E-state index in [2.05, 4.69) is 21.1 Å². The lowest BCUT2D eigenvalue weighted by atomic mass is 10.2. The SMILES string of the molecule is Cc1ccsc1C(=O)NCCc1cn2c(n1)CCCC2. The number of carbonyl (C=O) groups is 1. The number of aryl methyl sites for hydroxylation is 3. The Bertz CT molecular complexity index is 591. The second kappa shape index (κ2) is 5.79. The zero-order valence-electron chi connectivity index (χ0n) is 11.7. The van der Waals surface area contributed by atoms with Crippen molar-refractivity contribution in [1.82, 2.24) is 14.9 Å². The molecule has 0 saturated carbocycles. The average molecular weight is 289 g/mol. The summed E-state index contributed by atoms with van der Waals surface area (Å²) in [4.78, 5) is 17.4. The minimum absolute atomic E-state index is 0.0291. The highest BCUT2D eigenvalue weighted by Crippen LogP contribution is 2.16. The monoisotopic (exact) mass is 289 g/mol. The Morgan fingerprint density at radius 3 is 3.15 bits per heavy atom. The Kier molecular flexibility index (Phi) is 3.87. The highest BCUT2D eigenvalue weighted by Gasteiger charge is 2.13. The summed E-state index contributed by atoms with van der Waals surface area (Å²) >= 11 is 1.49. The number of aromatic nitrogens is 2.